The van der Waals surface area contributed by atoms with Gasteiger partial charge in [0.2, 0.25) is 10.0 Å². The molecular formula is C10H18N2O3S. The van der Waals surface area contributed by atoms with Crippen LogP contribution in [-0.2, 0) is 16.6 Å². The summed E-state index contributed by atoms with van der Waals surface area (Å²) in [5, 5.41) is 3.80. The fourth-order valence-corrected chi connectivity index (χ4v) is 2.62. The van der Waals surface area contributed by atoms with Crippen LogP contribution in [0.4, 0.5) is 0 Å². The molecule has 0 aliphatic carbocycles. The molecule has 0 atom stereocenters. The molecule has 0 spiro atoms. The second-order valence-corrected chi connectivity index (χ2v) is 6.07. The Labute approximate surface area is 96.5 Å². The van der Waals surface area contributed by atoms with Gasteiger partial charge in [0, 0.05) is 19.2 Å². The van der Waals surface area contributed by atoms with Crippen LogP contribution in [-0.4, -0.2) is 30.7 Å². The zero-order chi connectivity index (χ0) is 12.3. The van der Waals surface area contributed by atoms with Gasteiger partial charge in [-0.3, -0.25) is 0 Å². The van der Waals surface area contributed by atoms with E-state index in [1.807, 2.05) is 13.8 Å². The summed E-state index contributed by atoms with van der Waals surface area (Å²) in [5.74, 6) is 0.850. The second-order valence-electron chi connectivity index (χ2n) is 3.87. The molecule has 0 N–H and O–H groups in total. The quantitative estimate of drug-likeness (QED) is 0.789. The Morgan fingerprint density at radius 1 is 1.38 bits per heavy atom. The molecule has 0 saturated heterocycles. The molecule has 1 heterocycles. The number of rotatable bonds is 5. The normalized spacial score (nSPS) is 12.3. The zero-order valence-corrected chi connectivity index (χ0v) is 11.0. The third-order valence-electron chi connectivity index (χ3n) is 2.50. The predicted molar refractivity (Wildman–Crippen MR) is 61.5 cm³/mol. The number of hydrogen-bond acceptors (Lipinski definition) is 4. The monoisotopic (exact) mass is 246 g/mol. The Balaban J connectivity index is 2.83. The Morgan fingerprint density at radius 2 is 2.00 bits per heavy atom. The number of hydrogen-bond donors (Lipinski definition) is 0. The number of aryl methyl sites for hydroxylation is 2. The van der Waals surface area contributed by atoms with Crippen molar-refractivity contribution in [3.05, 3.63) is 17.0 Å². The molecule has 0 radical (unpaired) electrons. The van der Waals surface area contributed by atoms with Gasteiger partial charge in [0.05, 0.1) is 11.4 Å². The van der Waals surface area contributed by atoms with Crippen LogP contribution < -0.4 is 0 Å². The van der Waals surface area contributed by atoms with Gasteiger partial charge in [0.1, 0.15) is 5.76 Å². The van der Waals surface area contributed by atoms with Crippen molar-refractivity contribution >= 4 is 10.0 Å². The molecule has 92 valence electrons. The van der Waals surface area contributed by atoms with Crippen LogP contribution in [0.5, 0.6) is 0 Å². The summed E-state index contributed by atoms with van der Waals surface area (Å²) >= 11 is 0. The van der Waals surface area contributed by atoms with E-state index < -0.39 is 10.0 Å². The van der Waals surface area contributed by atoms with E-state index >= 15 is 0 Å². The molecule has 6 heteroatoms. The van der Waals surface area contributed by atoms with Crippen LogP contribution in [0.15, 0.2) is 4.52 Å². The van der Waals surface area contributed by atoms with E-state index in [-0.39, 0.29) is 5.75 Å². The van der Waals surface area contributed by atoms with Gasteiger partial charge in [0.15, 0.2) is 0 Å². The average molecular weight is 246 g/mol. The van der Waals surface area contributed by atoms with Crippen LogP contribution in [0.2, 0.25) is 0 Å². The Kier molecular flexibility index (Phi) is 4.09. The SMILES string of the molecule is CCCS(=O)(=O)N(C)Cc1c(C)noc1C. The van der Waals surface area contributed by atoms with Crippen LogP contribution in [0, 0.1) is 13.8 Å². The molecule has 0 aliphatic rings. The molecule has 1 aromatic heterocycles. The lowest BCUT2D eigenvalue weighted by atomic mass is 10.2. The third-order valence-corrected chi connectivity index (χ3v) is 4.50. The van der Waals surface area contributed by atoms with Crippen LogP contribution in [0.3, 0.4) is 0 Å². The number of aromatic nitrogens is 1. The Hall–Kier alpha value is -0.880. The van der Waals surface area contributed by atoms with Crippen molar-refractivity contribution in [3.8, 4) is 0 Å². The molecule has 1 rings (SSSR count). The predicted octanol–water partition coefficient (Wildman–Crippen LogP) is 1.46. The van der Waals surface area contributed by atoms with Crippen LogP contribution in [0.1, 0.15) is 30.4 Å². The van der Waals surface area contributed by atoms with Crippen LogP contribution in [0.25, 0.3) is 0 Å². The first-order valence-corrected chi connectivity index (χ1v) is 6.85. The van der Waals surface area contributed by atoms with Gasteiger partial charge in [-0.2, -0.15) is 0 Å². The van der Waals surface area contributed by atoms with E-state index in [2.05, 4.69) is 5.16 Å². The highest BCUT2D eigenvalue weighted by Gasteiger charge is 2.20. The lowest BCUT2D eigenvalue weighted by molar-refractivity contribution is 0.390. The van der Waals surface area contributed by atoms with Crippen molar-refractivity contribution < 1.29 is 12.9 Å². The van der Waals surface area contributed by atoms with Crippen molar-refractivity contribution in [2.45, 2.75) is 33.7 Å². The third kappa shape index (κ3) is 2.82. The van der Waals surface area contributed by atoms with E-state index in [0.717, 1.165) is 11.3 Å². The maximum absolute atomic E-state index is 11.8. The van der Waals surface area contributed by atoms with E-state index in [9.17, 15) is 8.42 Å². The Morgan fingerprint density at radius 3 is 2.44 bits per heavy atom. The van der Waals surface area contributed by atoms with Gasteiger partial charge < -0.3 is 4.52 Å². The van der Waals surface area contributed by atoms with E-state index in [4.69, 9.17) is 4.52 Å². The van der Waals surface area contributed by atoms with Crippen LogP contribution >= 0.6 is 0 Å². The lowest BCUT2D eigenvalue weighted by Gasteiger charge is -2.16. The molecular weight excluding hydrogens is 228 g/mol. The molecule has 0 saturated carbocycles. The minimum absolute atomic E-state index is 0.173. The summed E-state index contributed by atoms with van der Waals surface area (Å²) < 4.78 is 29.9. The standard InChI is InChI=1S/C10H18N2O3S/c1-5-6-16(13,14)12(4)7-10-8(2)11-15-9(10)3/h5-7H2,1-4H3. The van der Waals surface area contributed by atoms with Crippen molar-refractivity contribution in [2.75, 3.05) is 12.8 Å². The molecule has 0 aliphatic heterocycles. The summed E-state index contributed by atoms with van der Waals surface area (Å²) in [5.41, 5.74) is 1.60. The molecule has 0 bridgehead atoms. The molecule has 0 aromatic carbocycles. The van der Waals surface area contributed by atoms with Crippen molar-refractivity contribution in [3.63, 3.8) is 0 Å². The topological polar surface area (TPSA) is 63.4 Å². The highest BCUT2D eigenvalue weighted by molar-refractivity contribution is 7.89. The second kappa shape index (κ2) is 4.97. The maximum atomic E-state index is 11.8. The first-order chi connectivity index (χ1) is 7.38. The van der Waals surface area contributed by atoms with Crippen molar-refractivity contribution in [2.24, 2.45) is 0 Å². The van der Waals surface area contributed by atoms with Gasteiger partial charge in [-0.15, -0.1) is 0 Å². The molecule has 1 aromatic rings. The fraction of sp³-hybridized carbons (Fsp3) is 0.700. The molecule has 0 unspecified atom stereocenters. The van der Waals surface area contributed by atoms with E-state index in [1.54, 1.807) is 14.0 Å². The van der Waals surface area contributed by atoms with E-state index in [1.165, 1.54) is 4.31 Å². The van der Waals surface area contributed by atoms with Gasteiger partial charge in [-0.05, 0) is 20.3 Å². The summed E-state index contributed by atoms with van der Waals surface area (Å²) in [6.07, 6.45) is 0.619. The fourth-order valence-electron chi connectivity index (χ4n) is 1.46. The van der Waals surface area contributed by atoms with Crippen molar-refractivity contribution in [1.29, 1.82) is 0 Å². The molecule has 5 nitrogen and oxygen atoms in total. The Bertz CT molecular complexity index is 431. The summed E-state index contributed by atoms with van der Waals surface area (Å²) in [4.78, 5) is 0. The first kappa shape index (κ1) is 13.2. The smallest absolute Gasteiger partial charge is 0.214 e. The number of sulfonamides is 1. The van der Waals surface area contributed by atoms with E-state index in [0.29, 0.717) is 18.7 Å². The molecule has 16 heavy (non-hydrogen) atoms. The largest absolute Gasteiger partial charge is 0.361 e. The number of nitrogens with zero attached hydrogens (tertiary/aromatic N) is 2. The van der Waals surface area contributed by atoms with Gasteiger partial charge >= 0.3 is 0 Å². The minimum Gasteiger partial charge on any atom is -0.361 e. The molecule has 0 fully saturated rings. The van der Waals surface area contributed by atoms with Gasteiger partial charge in [-0.25, -0.2) is 12.7 Å². The van der Waals surface area contributed by atoms with Gasteiger partial charge in [-0.1, -0.05) is 12.1 Å². The lowest BCUT2D eigenvalue weighted by Crippen LogP contribution is -2.28. The minimum atomic E-state index is -3.16. The average Bonchev–Trinajstić information content (AvgIpc) is 2.49. The highest BCUT2D eigenvalue weighted by Crippen LogP contribution is 2.16. The summed E-state index contributed by atoms with van der Waals surface area (Å²) in [7, 11) is -1.58. The zero-order valence-electron chi connectivity index (χ0n) is 10.1. The maximum Gasteiger partial charge on any atom is 0.214 e. The summed E-state index contributed by atoms with van der Waals surface area (Å²) in [6.45, 7) is 5.77. The van der Waals surface area contributed by atoms with Crippen molar-refractivity contribution in [1.82, 2.24) is 9.46 Å². The summed E-state index contributed by atoms with van der Waals surface area (Å²) in [6, 6.07) is 0. The first-order valence-electron chi connectivity index (χ1n) is 5.24. The highest BCUT2D eigenvalue weighted by atomic mass is 32.2. The van der Waals surface area contributed by atoms with Gasteiger partial charge in [0.25, 0.3) is 0 Å². The molecule has 0 amide bonds.